The summed E-state index contributed by atoms with van der Waals surface area (Å²) in [5.41, 5.74) is 0. The molecule has 1 saturated heterocycles. The fraction of sp³-hybridized carbons (Fsp3) is 0.847. The summed E-state index contributed by atoms with van der Waals surface area (Å²) in [5, 5.41) is 54.4. The van der Waals surface area contributed by atoms with Crippen molar-refractivity contribution in [2.45, 2.75) is 307 Å². The van der Waals surface area contributed by atoms with Crippen LogP contribution in [-0.2, 0) is 14.3 Å². The third-order valence-corrected chi connectivity index (χ3v) is 13.6. The smallest absolute Gasteiger partial charge is 0.220 e. The highest BCUT2D eigenvalue weighted by atomic mass is 16.7. The third-order valence-electron chi connectivity index (χ3n) is 13.6. The lowest BCUT2D eigenvalue weighted by atomic mass is 9.99. The molecule has 0 aromatic heterocycles. The molecule has 0 radical (unpaired) electrons. The number of ether oxygens (including phenoxy) is 2. The molecule has 398 valence electrons. The molecule has 6 N–H and O–H groups in total. The van der Waals surface area contributed by atoms with Crippen molar-refractivity contribution in [2.24, 2.45) is 0 Å². The molecular weight excluding hydrogens is 851 g/mol. The molecule has 1 rings (SSSR count). The number of nitrogens with one attached hydrogen (secondary N) is 1. The van der Waals surface area contributed by atoms with Gasteiger partial charge in [0, 0.05) is 6.42 Å². The lowest BCUT2D eigenvalue weighted by Crippen LogP contribution is -2.60. The van der Waals surface area contributed by atoms with Crippen molar-refractivity contribution in [2.75, 3.05) is 13.2 Å². The van der Waals surface area contributed by atoms with E-state index in [-0.39, 0.29) is 12.5 Å². The Morgan fingerprint density at radius 1 is 0.485 bits per heavy atom. The molecule has 9 nitrogen and oxygen atoms in total. The van der Waals surface area contributed by atoms with E-state index in [4.69, 9.17) is 9.47 Å². The fourth-order valence-electron chi connectivity index (χ4n) is 9.01. The highest BCUT2D eigenvalue weighted by molar-refractivity contribution is 5.76. The van der Waals surface area contributed by atoms with Gasteiger partial charge in [-0.05, 0) is 70.6 Å². The summed E-state index contributed by atoms with van der Waals surface area (Å²) in [5.74, 6) is -0.189. The van der Waals surface area contributed by atoms with Crippen LogP contribution in [0.5, 0.6) is 0 Å². The minimum atomic E-state index is -1.57. The molecule has 0 aromatic rings. The first-order valence-electron chi connectivity index (χ1n) is 28.9. The number of hydrogen-bond donors (Lipinski definition) is 6. The second-order valence-electron chi connectivity index (χ2n) is 20.1. The summed E-state index contributed by atoms with van der Waals surface area (Å²) in [7, 11) is 0. The number of carbonyl (C=O) groups excluding carboxylic acids is 1. The molecule has 0 aromatic carbocycles. The van der Waals surface area contributed by atoms with Crippen LogP contribution in [0.2, 0.25) is 0 Å². The molecular formula is C59H109NO8. The molecule has 1 aliphatic rings. The van der Waals surface area contributed by atoms with Crippen LogP contribution in [-0.4, -0.2) is 87.5 Å². The topological polar surface area (TPSA) is 149 Å². The summed E-state index contributed by atoms with van der Waals surface area (Å²) in [6, 6.07) is -0.828. The van der Waals surface area contributed by atoms with Gasteiger partial charge in [-0.1, -0.05) is 236 Å². The largest absolute Gasteiger partial charge is 0.394 e. The first-order valence-corrected chi connectivity index (χ1v) is 28.9. The van der Waals surface area contributed by atoms with Crippen LogP contribution in [0.25, 0.3) is 0 Å². The number of allylic oxidation sites excluding steroid dienone is 7. The Morgan fingerprint density at radius 2 is 0.838 bits per heavy atom. The van der Waals surface area contributed by atoms with Crippen LogP contribution in [0.15, 0.2) is 48.6 Å². The van der Waals surface area contributed by atoms with Crippen molar-refractivity contribution in [3.63, 3.8) is 0 Å². The average molecular weight is 961 g/mol. The summed E-state index contributed by atoms with van der Waals surface area (Å²) in [6.07, 6.45) is 57.5. The average Bonchev–Trinajstić information content (AvgIpc) is 3.34. The predicted octanol–water partition coefficient (Wildman–Crippen LogP) is 14.1. The van der Waals surface area contributed by atoms with Gasteiger partial charge in [0.25, 0.3) is 0 Å². The standard InChI is InChI=1S/C59H109NO8/c1-3-5-7-9-11-13-15-17-19-21-23-24-25-26-27-28-29-30-31-33-35-37-39-41-43-45-47-49-55(63)60-52(51-67-59-58(66)57(65)56(64)54(50-61)68-59)53(62)48-46-44-42-40-38-36-34-32-22-20-18-16-14-12-10-8-6-4-2/h21-23,32,38,40,46,48,52-54,56-59,61-62,64-66H,3-20,24-31,33-37,39,41-45,47,49-51H2,1-2H3,(H,60,63)/b23-21-,32-22+,40-38+,48-46+. The molecule has 1 heterocycles. The zero-order valence-electron chi connectivity index (χ0n) is 44.1. The first kappa shape index (κ1) is 64.2. The van der Waals surface area contributed by atoms with Crippen molar-refractivity contribution in [1.82, 2.24) is 5.32 Å². The maximum atomic E-state index is 13.0. The van der Waals surface area contributed by atoms with E-state index in [1.165, 1.54) is 199 Å². The Hall–Kier alpha value is -1.85. The molecule has 1 fully saturated rings. The van der Waals surface area contributed by atoms with Crippen LogP contribution < -0.4 is 5.32 Å². The van der Waals surface area contributed by atoms with E-state index in [1.807, 2.05) is 6.08 Å². The van der Waals surface area contributed by atoms with Gasteiger partial charge in [-0.15, -0.1) is 0 Å². The number of aliphatic hydroxyl groups excluding tert-OH is 5. The Labute approximate surface area is 418 Å². The lowest BCUT2D eigenvalue weighted by molar-refractivity contribution is -0.302. The molecule has 7 unspecified atom stereocenters. The van der Waals surface area contributed by atoms with Crippen molar-refractivity contribution < 1.29 is 39.8 Å². The van der Waals surface area contributed by atoms with Crippen molar-refractivity contribution in [1.29, 1.82) is 0 Å². The summed E-state index contributed by atoms with van der Waals surface area (Å²) in [6.45, 7) is 3.77. The van der Waals surface area contributed by atoms with Crippen molar-refractivity contribution in [3.05, 3.63) is 48.6 Å². The Balaban J connectivity index is 2.23. The van der Waals surface area contributed by atoms with Crippen LogP contribution in [0.4, 0.5) is 0 Å². The number of aliphatic hydroxyl groups is 5. The predicted molar refractivity (Wildman–Crippen MR) is 286 cm³/mol. The summed E-state index contributed by atoms with van der Waals surface area (Å²) >= 11 is 0. The van der Waals surface area contributed by atoms with Crippen LogP contribution in [0.1, 0.15) is 264 Å². The highest BCUT2D eigenvalue weighted by Gasteiger charge is 2.44. The van der Waals surface area contributed by atoms with Gasteiger partial charge >= 0.3 is 0 Å². The molecule has 7 atom stereocenters. The minimum absolute atomic E-state index is 0.189. The third kappa shape index (κ3) is 37.9. The first-order chi connectivity index (χ1) is 33.3. The monoisotopic (exact) mass is 960 g/mol. The zero-order valence-corrected chi connectivity index (χ0v) is 44.1. The van der Waals surface area contributed by atoms with Crippen LogP contribution >= 0.6 is 0 Å². The van der Waals surface area contributed by atoms with Gasteiger partial charge in [-0.25, -0.2) is 0 Å². The van der Waals surface area contributed by atoms with Gasteiger partial charge in [0.2, 0.25) is 5.91 Å². The van der Waals surface area contributed by atoms with Gasteiger partial charge in [-0.2, -0.15) is 0 Å². The molecule has 0 saturated carbocycles. The van der Waals surface area contributed by atoms with Crippen molar-refractivity contribution in [3.8, 4) is 0 Å². The minimum Gasteiger partial charge on any atom is -0.394 e. The molecule has 68 heavy (non-hydrogen) atoms. The zero-order chi connectivity index (χ0) is 49.4. The highest BCUT2D eigenvalue weighted by Crippen LogP contribution is 2.23. The second kappa shape index (κ2) is 48.8. The Bertz CT molecular complexity index is 1210. The van der Waals surface area contributed by atoms with E-state index in [0.29, 0.717) is 6.42 Å². The SMILES string of the molecule is CCCCCCCCCC/C=C\CCCCCCCCCCCCCCCCCC(=O)NC(COC1OC(CO)C(O)C(O)C1O)C(O)/C=C/CC/C=C/CC/C=C/CCCCCCCCCC. The van der Waals surface area contributed by atoms with E-state index >= 15 is 0 Å². The molecule has 1 amide bonds. The lowest BCUT2D eigenvalue weighted by Gasteiger charge is -2.40. The van der Waals surface area contributed by atoms with Gasteiger partial charge in [0.05, 0.1) is 25.4 Å². The molecule has 0 spiro atoms. The fourth-order valence-corrected chi connectivity index (χ4v) is 9.01. The van der Waals surface area contributed by atoms with E-state index < -0.39 is 49.5 Å². The maximum Gasteiger partial charge on any atom is 0.220 e. The number of hydrogen-bond acceptors (Lipinski definition) is 8. The van der Waals surface area contributed by atoms with E-state index in [9.17, 15) is 30.3 Å². The summed E-state index contributed by atoms with van der Waals surface area (Å²) < 4.78 is 11.2. The van der Waals surface area contributed by atoms with Crippen LogP contribution in [0.3, 0.4) is 0 Å². The van der Waals surface area contributed by atoms with Gasteiger partial charge in [0.15, 0.2) is 6.29 Å². The van der Waals surface area contributed by atoms with Crippen LogP contribution in [0, 0.1) is 0 Å². The molecule has 0 bridgehead atoms. The summed E-state index contributed by atoms with van der Waals surface area (Å²) in [4.78, 5) is 13.0. The number of rotatable bonds is 49. The van der Waals surface area contributed by atoms with E-state index in [2.05, 4.69) is 55.6 Å². The normalized spacial score (nSPS) is 19.9. The maximum absolute atomic E-state index is 13.0. The second-order valence-corrected chi connectivity index (χ2v) is 20.1. The number of amides is 1. The Morgan fingerprint density at radius 3 is 1.24 bits per heavy atom. The number of unbranched alkanes of at least 4 members (excludes halogenated alkanes) is 33. The molecule has 0 aliphatic carbocycles. The van der Waals surface area contributed by atoms with Crippen molar-refractivity contribution >= 4 is 5.91 Å². The van der Waals surface area contributed by atoms with E-state index in [0.717, 1.165) is 44.9 Å². The number of carbonyl (C=O) groups is 1. The van der Waals surface area contributed by atoms with Gasteiger partial charge in [0.1, 0.15) is 24.4 Å². The Kier molecular flexibility index (Phi) is 46.0. The van der Waals surface area contributed by atoms with Gasteiger partial charge in [-0.3, -0.25) is 4.79 Å². The molecule has 1 aliphatic heterocycles. The van der Waals surface area contributed by atoms with Gasteiger partial charge < -0.3 is 40.3 Å². The van der Waals surface area contributed by atoms with E-state index in [1.54, 1.807) is 6.08 Å². The quantitative estimate of drug-likeness (QED) is 0.0261. The molecule has 9 heteroatoms.